The van der Waals surface area contributed by atoms with Gasteiger partial charge in [0, 0.05) is 25.7 Å². The second-order valence-electron chi connectivity index (χ2n) is 5.99. The molecule has 0 spiro atoms. The van der Waals surface area contributed by atoms with Gasteiger partial charge in [0.15, 0.2) is 0 Å². The van der Waals surface area contributed by atoms with Gasteiger partial charge in [0.1, 0.15) is 0 Å². The topological polar surface area (TPSA) is 53.4 Å². The Balaban J connectivity index is 1.83. The Kier molecular flexibility index (Phi) is 4.82. The van der Waals surface area contributed by atoms with Crippen molar-refractivity contribution in [3.63, 3.8) is 0 Å². The first kappa shape index (κ1) is 15.8. The highest BCUT2D eigenvalue weighted by molar-refractivity contribution is 6.30. The fraction of sp³-hybridized carbons (Fsp3) is 0.333. The van der Waals surface area contributed by atoms with Crippen LogP contribution in [0.2, 0.25) is 5.02 Å². The third-order valence-corrected chi connectivity index (χ3v) is 4.40. The van der Waals surface area contributed by atoms with Crippen molar-refractivity contribution in [1.29, 1.82) is 0 Å². The van der Waals surface area contributed by atoms with Crippen LogP contribution in [0.15, 0.2) is 42.6 Å². The zero-order chi connectivity index (χ0) is 16.2. The molecule has 0 radical (unpaired) electrons. The van der Waals surface area contributed by atoms with Crippen LogP contribution >= 0.6 is 11.6 Å². The normalized spacial score (nSPS) is 16.9. The monoisotopic (exact) mass is 330 g/mol. The number of anilines is 1. The number of nitrogens with zero attached hydrogens (tertiary/aromatic N) is 2. The lowest BCUT2D eigenvalue weighted by Gasteiger charge is -2.35. The Labute approximate surface area is 140 Å². The van der Waals surface area contributed by atoms with E-state index in [4.69, 9.17) is 16.7 Å². The molecule has 1 unspecified atom stereocenters. The van der Waals surface area contributed by atoms with E-state index in [1.807, 2.05) is 24.3 Å². The van der Waals surface area contributed by atoms with E-state index in [0.717, 1.165) is 30.9 Å². The van der Waals surface area contributed by atoms with E-state index in [1.165, 1.54) is 5.56 Å². The number of halogens is 1. The summed E-state index contributed by atoms with van der Waals surface area (Å²) >= 11 is 6.12. The van der Waals surface area contributed by atoms with E-state index in [1.54, 1.807) is 6.20 Å². The van der Waals surface area contributed by atoms with Crippen LogP contribution < -0.4 is 4.90 Å². The van der Waals surface area contributed by atoms with Gasteiger partial charge in [-0.1, -0.05) is 41.9 Å². The number of carboxylic acid groups (broad SMARTS) is 1. The molecule has 0 fully saturated rings. The first-order chi connectivity index (χ1) is 11.1. The van der Waals surface area contributed by atoms with Crippen molar-refractivity contribution in [3.8, 4) is 0 Å². The number of benzene rings is 1. The Bertz CT molecular complexity index is 691. The number of fused-ring (bicyclic) bond motifs is 1. The summed E-state index contributed by atoms with van der Waals surface area (Å²) in [5.41, 5.74) is 3.29. The molecular weight excluding hydrogens is 312 g/mol. The summed E-state index contributed by atoms with van der Waals surface area (Å²) in [5, 5.41) is 9.56. The Morgan fingerprint density at radius 1 is 1.35 bits per heavy atom. The highest BCUT2D eigenvalue weighted by Gasteiger charge is 2.26. The van der Waals surface area contributed by atoms with Gasteiger partial charge in [-0.2, -0.15) is 0 Å². The van der Waals surface area contributed by atoms with Crippen molar-refractivity contribution in [3.05, 3.63) is 58.9 Å². The third kappa shape index (κ3) is 4.02. The zero-order valence-corrected chi connectivity index (χ0v) is 13.5. The van der Waals surface area contributed by atoms with Crippen LogP contribution in [0.1, 0.15) is 24.1 Å². The highest BCUT2D eigenvalue weighted by Crippen LogP contribution is 2.33. The third-order valence-electron chi connectivity index (χ3n) is 4.20. The Morgan fingerprint density at radius 3 is 2.87 bits per heavy atom. The predicted molar refractivity (Wildman–Crippen MR) is 90.8 cm³/mol. The second-order valence-corrected chi connectivity index (χ2v) is 6.42. The van der Waals surface area contributed by atoms with Gasteiger partial charge in [-0.25, -0.2) is 0 Å². The van der Waals surface area contributed by atoms with E-state index >= 15 is 0 Å². The molecule has 2 aromatic rings. The lowest BCUT2D eigenvalue weighted by atomic mass is 9.91. The molecule has 0 saturated heterocycles. The second kappa shape index (κ2) is 7.01. The average molecular weight is 331 g/mol. The van der Waals surface area contributed by atoms with Gasteiger partial charge in [0.25, 0.3) is 0 Å². The number of hydrogen-bond acceptors (Lipinski definition) is 3. The molecule has 0 bridgehead atoms. The number of carboxylic acids is 1. The molecule has 0 aliphatic carbocycles. The summed E-state index contributed by atoms with van der Waals surface area (Å²) in [6.07, 6.45) is 3.35. The molecule has 1 aromatic carbocycles. The van der Waals surface area contributed by atoms with Gasteiger partial charge in [-0.3, -0.25) is 9.78 Å². The van der Waals surface area contributed by atoms with Crippen LogP contribution in [0, 0.1) is 5.92 Å². The first-order valence-corrected chi connectivity index (χ1v) is 8.14. The summed E-state index contributed by atoms with van der Waals surface area (Å²) in [4.78, 5) is 17.6. The number of rotatable bonds is 5. The molecule has 5 heteroatoms. The fourth-order valence-electron chi connectivity index (χ4n) is 3.11. The van der Waals surface area contributed by atoms with Crippen LogP contribution in [0.4, 0.5) is 5.69 Å². The lowest BCUT2D eigenvalue weighted by Crippen LogP contribution is -2.35. The molecule has 1 aliphatic heterocycles. The van der Waals surface area contributed by atoms with Gasteiger partial charge in [0.2, 0.25) is 0 Å². The summed E-state index contributed by atoms with van der Waals surface area (Å²) in [6.45, 7) is 1.61. The van der Waals surface area contributed by atoms with Gasteiger partial charge in [-0.05, 0) is 30.4 Å². The molecule has 4 nitrogen and oxygen atoms in total. The van der Waals surface area contributed by atoms with Crippen molar-refractivity contribution >= 4 is 23.3 Å². The Hall–Kier alpha value is -2.07. The number of aliphatic carboxylic acids is 1. The van der Waals surface area contributed by atoms with Gasteiger partial charge in [0.05, 0.1) is 16.4 Å². The zero-order valence-electron chi connectivity index (χ0n) is 12.8. The lowest BCUT2D eigenvalue weighted by molar-refractivity contribution is -0.137. The standard InChI is InChI=1S/C18H19ClN2O2/c19-15-9-17-16(20-10-15)8-14(6-7-18(22)23)12-21(17)11-13-4-2-1-3-5-13/h1-5,9-10,14H,6-8,11-12H2,(H,22,23). The molecule has 2 heterocycles. The van der Waals surface area contributed by atoms with Crippen LogP contribution in [0.3, 0.4) is 0 Å². The van der Waals surface area contributed by atoms with Crippen molar-refractivity contribution in [2.75, 3.05) is 11.4 Å². The molecule has 1 atom stereocenters. The molecule has 1 N–H and O–H groups in total. The van der Waals surface area contributed by atoms with E-state index in [0.29, 0.717) is 17.4 Å². The van der Waals surface area contributed by atoms with Crippen molar-refractivity contribution in [1.82, 2.24) is 4.98 Å². The van der Waals surface area contributed by atoms with Crippen LogP contribution in [0.25, 0.3) is 0 Å². The summed E-state index contributed by atoms with van der Waals surface area (Å²) in [5.74, 6) is -0.439. The van der Waals surface area contributed by atoms with E-state index in [-0.39, 0.29) is 6.42 Å². The molecule has 1 aliphatic rings. The molecule has 23 heavy (non-hydrogen) atoms. The van der Waals surface area contributed by atoms with E-state index in [2.05, 4.69) is 22.0 Å². The summed E-state index contributed by atoms with van der Waals surface area (Å²) in [6, 6.07) is 12.2. The summed E-state index contributed by atoms with van der Waals surface area (Å²) < 4.78 is 0. The maximum absolute atomic E-state index is 10.9. The smallest absolute Gasteiger partial charge is 0.303 e. The van der Waals surface area contributed by atoms with E-state index in [9.17, 15) is 4.79 Å². The number of hydrogen-bond donors (Lipinski definition) is 1. The maximum Gasteiger partial charge on any atom is 0.303 e. The minimum absolute atomic E-state index is 0.201. The first-order valence-electron chi connectivity index (χ1n) is 7.77. The fourth-order valence-corrected chi connectivity index (χ4v) is 3.26. The number of pyridine rings is 1. The number of carbonyl (C=O) groups is 1. The highest BCUT2D eigenvalue weighted by atomic mass is 35.5. The van der Waals surface area contributed by atoms with E-state index < -0.39 is 5.97 Å². The maximum atomic E-state index is 10.9. The molecule has 3 rings (SSSR count). The van der Waals surface area contributed by atoms with Crippen LogP contribution in [-0.2, 0) is 17.8 Å². The quantitative estimate of drug-likeness (QED) is 0.906. The summed E-state index contributed by atoms with van der Waals surface area (Å²) in [7, 11) is 0. The van der Waals surface area contributed by atoms with Crippen molar-refractivity contribution in [2.45, 2.75) is 25.8 Å². The average Bonchev–Trinajstić information content (AvgIpc) is 2.54. The molecule has 1 aromatic heterocycles. The van der Waals surface area contributed by atoms with Crippen molar-refractivity contribution in [2.24, 2.45) is 5.92 Å². The Morgan fingerprint density at radius 2 is 2.13 bits per heavy atom. The van der Waals surface area contributed by atoms with Crippen LogP contribution in [-0.4, -0.2) is 22.6 Å². The van der Waals surface area contributed by atoms with Gasteiger partial charge < -0.3 is 10.0 Å². The molecule has 0 amide bonds. The van der Waals surface area contributed by atoms with Gasteiger partial charge in [-0.15, -0.1) is 0 Å². The minimum Gasteiger partial charge on any atom is -0.481 e. The van der Waals surface area contributed by atoms with Crippen LogP contribution in [0.5, 0.6) is 0 Å². The molecular formula is C18H19ClN2O2. The minimum atomic E-state index is -0.741. The van der Waals surface area contributed by atoms with Crippen molar-refractivity contribution < 1.29 is 9.90 Å². The molecule has 120 valence electrons. The number of aromatic nitrogens is 1. The predicted octanol–water partition coefficient (Wildman–Crippen LogP) is 3.78. The largest absolute Gasteiger partial charge is 0.481 e. The molecule has 0 saturated carbocycles. The SMILES string of the molecule is O=C(O)CCC1Cc2ncc(Cl)cc2N(Cc2ccccc2)C1. The van der Waals surface area contributed by atoms with Gasteiger partial charge >= 0.3 is 5.97 Å².